The molecular formula is C21H24N2O4. The first-order valence-corrected chi connectivity index (χ1v) is 9.02. The van der Waals surface area contributed by atoms with Gasteiger partial charge in [0.25, 0.3) is 5.91 Å². The highest BCUT2D eigenvalue weighted by molar-refractivity contribution is 5.85. The zero-order valence-corrected chi connectivity index (χ0v) is 15.4. The SMILES string of the molecule is Cc1cccc(OCC(=O)NCC(=O)N2CCO[C@H](c3ccccc3)C2)c1. The highest BCUT2D eigenvalue weighted by atomic mass is 16.5. The monoisotopic (exact) mass is 368 g/mol. The molecule has 3 rings (SSSR count). The fraction of sp³-hybridized carbons (Fsp3) is 0.333. The molecular weight excluding hydrogens is 344 g/mol. The molecule has 0 aromatic heterocycles. The number of ether oxygens (including phenoxy) is 2. The van der Waals surface area contributed by atoms with E-state index in [0.717, 1.165) is 11.1 Å². The number of amides is 2. The number of nitrogens with one attached hydrogen (secondary N) is 1. The molecule has 2 aromatic rings. The van der Waals surface area contributed by atoms with E-state index in [4.69, 9.17) is 9.47 Å². The van der Waals surface area contributed by atoms with Gasteiger partial charge in [0.1, 0.15) is 11.9 Å². The van der Waals surface area contributed by atoms with Crippen molar-refractivity contribution in [2.45, 2.75) is 13.0 Å². The van der Waals surface area contributed by atoms with Crippen molar-refractivity contribution in [2.24, 2.45) is 0 Å². The van der Waals surface area contributed by atoms with Gasteiger partial charge in [-0.3, -0.25) is 9.59 Å². The molecule has 0 saturated carbocycles. The van der Waals surface area contributed by atoms with Crippen LogP contribution in [-0.2, 0) is 14.3 Å². The highest BCUT2D eigenvalue weighted by Crippen LogP contribution is 2.21. The van der Waals surface area contributed by atoms with Gasteiger partial charge < -0.3 is 19.7 Å². The predicted molar refractivity (Wildman–Crippen MR) is 101 cm³/mol. The lowest BCUT2D eigenvalue weighted by Crippen LogP contribution is -2.47. The van der Waals surface area contributed by atoms with E-state index in [1.54, 1.807) is 11.0 Å². The van der Waals surface area contributed by atoms with Gasteiger partial charge in [-0.15, -0.1) is 0 Å². The van der Waals surface area contributed by atoms with Gasteiger partial charge in [0.2, 0.25) is 5.91 Å². The van der Waals surface area contributed by atoms with Gasteiger partial charge in [0.15, 0.2) is 6.61 Å². The van der Waals surface area contributed by atoms with Crippen molar-refractivity contribution in [3.8, 4) is 5.75 Å². The first kappa shape index (κ1) is 18.9. The summed E-state index contributed by atoms with van der Waals surface area (Å²) in [6, 6.07) is 17.3. The largest absolute Gasteiger partial charge is 0.484 e. The summed E-state index contributed by atoms with van der Waals surface area (Å²) in [5, 5.41) is 2.62. The van der Waals surface area contributed by atoms with Crippen LogP contribution in [0.5, 0.6) is 5.75 Å². The second-order valence-corrected chi connectivity index (χ2v) is 6.49. The maximum atomic E-state index is 12.4. The first-order valence-electron chi connectivity index (χ1n) is 9.02. The lowest BCUT2D eigenvalue weighted by molar-refractivity contribution is -0.139. The van der Waals surface area contributed by atoms with Gasteiger partial charge in [-0.25, -0.2) is 0 Å². The molecule has 0 unspecified atom stereocenters. The first-order chi connectivity index (χ1) is 13.1. The van der Waals surface area contributed by atoms with Crippen molar-refractivity contribution >= 4 is 11.8 Å². The highest BCUT2D eigenvalue weighted by Gasteiger charge is 2.25. The molecule has 142 valence electrons. The quantitative estimate of drug-likeness (QED) is 0.848. The molecule has 1 atom stereocenters. The Bertz CT molecular complexity index is 779. The number of hydrogen-bond donors (Lipinski definition) is 1. The summed E-state index contributed by atoms with van der Waals surface area (Å²) in [6.45, 7) is 3.28. The Labute approximate surface area is 159 Å². The molecule has 1 N–H and O–H groups in total. The molecule has 1 aliphatic rings. The second kappa shape index (κ2) is 9.19. The Morgan fingerprint density at radius 2 is 2.00 bits per heavy atom. The maximum absolute atomic E-state index is 12.4. The van der Waals surface area contributed by atoms with E-state index < -0.39 is 0 Å². The normalized spacial score (nSPS) is 16.6. The van der Waals surface area contributed by atoms with Gasteiger partial charge in [-0.2, -0.15) is 0 Å². The van der Waals surface area contributed by atoms with Crippen LogP contribution in [0.4, 0.5) is 0 Å². The number of carbonyl (C=O) groups excluding carboxylic acids is 2. The summed E-state index contributed by atoms with van der Waals surface area (Å²) in [5.41, 5.74) is 2.11. The molecule has 0 bridgehead atoms. The van der Waals surface area contributed by atoms with E-state index in [-0.39, 0.29) is 31.1 Å². The van der Waals surface area contributed by atoms with Crippen molar-refractivity contribution < 1.29 is 19.1 Å². The summed E-state index contributed by atoms with van der Waals surface area (Å²) < 4.78 is 11.2. The van der Waals surface area contributed by atoms with Gasteiger partial charge in [0, 0.05) is 6.54 Å². The number of benzene rings is 2. The molecule has 1 heterocycles. The van der Waals surface area contributed by atoms with Crippen LogP contribution in [0.2, 0.25) is 0 Å². The lowest BCUT2D eigenvalue weighted by atomic mass is 10.1. The fourth-order valence-corrected chi connectivity index (χ4v) is 2.94. The minimum atomic E-state index is -0.322. The van der Waals surface area contributed by atoms with Crippen LogP contribution in [0.1, 0.15) is 17.2 Å². The zero-order chi connectivity index (χ0) is 19.1. The second-order valence-electron chi connectivity index (χ2n) is 6.49. The van der Waals surface area contributed by atoms with Gasteiger partial charge in [-0.05, 0) is 30.2 Å². The van der Waals surface area contributed by atoms with Crippen molar-refractivity contribution in [1.82, 2.24) is 10.2 Å². The molecule has 1 fully saturated rings. The fourth-order valence-electron chi connectivity index (χ4n) is 2.94. The Morgan fingerprint density at radius 1 is 1.19 bits per heavy atom. The Balaban J connectivity index is 1.43. The zero-order valence-electron chi connectivity index (χ0n) is 15.4. The smallest absolute Gasteiger partial charge is 0.258 e. The molecule has 6 nitrogen and oxygen atoms in total. The Kier molecular flexibility index (Phi) is 6.44. The van der Waals surface area contributed by atoms with Crippen LogP contribution in [0.3, 0.4) is 0 Å². The van der Waals surface area contributed by atoms with Crippen LogP contribution in [-0.4, -0.2) is 49.6 Å². The molecule has 2 aromatic carbocycles. The average molecular weight is 368 g/mol. The molecule has 6 heteroatoms. The van der Waals surface area contributed by atoms with Gasteiger partial charge in [-0.1, -0.05) is 42.5 Å². The van der Waals surface area contributed by atoms with Crippen LogP contribution in [0, 0.1) is 6.92 Å². The Morgan fingerprint density at radius 3 is 2.78 bits per heavy atom. The van der Waals surface area contributed by atoms with Crippen LogP contribution < -0.4 is 10.1 Å². The number of morpholine rings is 1. The number of aryl methyl sites for hydroxylation is 1. The molecule has 1 aliphatic heterocycles. The van der Waals surface area contributed by atoms with E-state index in [1.165, 1.54) is 0 Å². The van der Waals surface area contributed by atoms with Crippen molar-refractivity contribution in [3.63, 3.8) is 0 Å². The number of hydrogen-bond acceptors (Lipinski definition) is 4. The minimum Gasteiger partial charge on any atom is -0.484 e. The summed E-state index contributed by atoms with van der Waals surface area (Å²) >= 11 is 0. The molecule has 2 amide bonds. The third kappa shape index (κ3) is 5.56. The van der Waals surface area contributed by atoms with E-state index in [1.807, 2.05) is 55.5 Å². The molecule has 0 aliphatic carbocycles. The number of nitrogens with zero attached hydrogens (tertiary/aromatic N) is 1. The van der Waals surface area contributed by atoms with E-state index in [0.29, 0.717) is 25.4 Å². The number of carbonyl (C=O) groups is 2. The van der Waals surface area contributed by atoms with E-state index >= 15 is 0 Å². The Hall–Kier alpha value is -2.86. The van der Waals surface area contributed by atoms with Gasteiger partial charge >= 0.3 is 0 Å². The summed E-state index contributed by atoms with van der Waals surface area (Å²) in [6.07, 6.45) is -0.135. The van der Waals surface area contributed by atoms with Crippen LogP contribution in [0.25, 0.3) is 0 Å². The minimum absolute atomic E-state index is 0.0441. The predicted octanol–water partition coefficient (Wildman–Crippen LogP) is 2.09. The van der Waals surface area contributed by atoms with Crippen LogP contribution >= 0.6 is 0 Å². The van der Waals surface area contributed by atoms with Crippen LogP contribution in [0.15, 0.2) is 54.6 Å². The van der Waals surface area contributed by atoms with Crippen molar-refractivity contribution in [1.29, 1.82) is 0 Å². The third-order valence-corrected chi connectivity index (χ3v) is 4.39. The van der Waals surface area contributed by atoms with E-state index in [2.05, 4.69) is 5.32 Å². The summed E-state index contributed by atoms with van der Waals surface area (Å²) in [7, 11) is 0. The molecule has 0 spiro atoms. The molecule has 1 saturated heterocycles. The topological polar surface area (TPSA) is 67.9 Å². The third-order valence-electron chi connectivity index (χ3n) is 4.39. The standard InChI is InChI=1S/C21H24N2O4/c1-16-6-5-9-18(12-16)27-15-20(24)22-13-21(25)23-10-11-26-19(14-23)17-7-3-2-4-8-17/h2-9,12,19H,10-11,13-15H2,1H3,(H,22,24)/t19-/m0/s1. The lowest BCUT2D eigenvalue weighted by Gasteiger charge is -2.33. The average Bonchev–Trinajstić information content (AvgIpc) is 2.71. The summed E-state index contributed by atoms with van der Waals surface area (Å²) in [5.74, 6) is 0.191. The van der Waals surface area contributed by atoms with E-state index in [9.17, 15) is 9.59 Å². The number of rotatable bonds is 6. The summed E-state index contributed by atoms with van der Waals surface area (Å²) in [4.78, 5) is 26.1. The molecule has 27 heavy (non-hydrogen) atoms. The van der Waals surface area contributed by atoms with Crippen molar-refractivity contribution in [3.05, 3.63) is 65.7 Å². The maximum Gasteiger partial charge on any atom is 0.258 e. The van der Waals surface area contributed by atoms with Gasteiger partial charge in [0.05, 0.1) is 19.7 Å². The molecule has 0 radical (unpaired) electrons. The van der Waals surface area contributed by atoms with Crippen molar-refractivity contribution in [2.75, 3.05) is 32.8 Å².